The molecule has 0 unspecified atom stereocenters. The molecule has 28 heavy (non-hydrogen) atoms. The molecule has 0 fully saturated rings. The Hall–Kier alpha value is -3.43. The predicted octanol–water partition coefficient (Wildman–Crippen LogP) is 4.16. The Morgan fingerprint density at radius 2 is 1.93 bits per heavy atom. The van der Waals surface area contributed by atoms with Gasteiger partial charge in [0.15, 0.2) is 5.65 Å². The molecule has 2 heterocycles. The maximum Gasteiger partial charge on any atom is 0.416 e. The van der Waals surface area contributed by atoms with Gasteiger partial charge < -0.3 is 15.4 Å². The first kappa shape index (κ1) is 20.9. The minimum atomic E-state index is -4.51. The second-order valence-electron chi connectivity index (χ2n) is 5.34. The molecule has 0 spiro atoms. The average molecular weight is 393 g/mol. The van der Waals surface area contributed by atoms with E-state index >= 15 is 0 Å². The molecule has 0 aliphatic rings. The molecule has 2 aromatic heterocycles. The Labute approximate surface area is 158 Å². The van der Waals surface area contributed by atoms with Crippen LogP contribution in [0.1, 0.15) is 41.0 Å². The van der Waals surface area contributed by atoms with Crippen molar-refractivity contribution in [2.24, 2.45) is 0 Å². The number of alkyl halides is 3. The predicted molar refractivity (Wildman–Crippen MR) is 99.1 cm³/mol. The van der Waals surface area contributed by atoms with Crippen molar-refractivity contribution in [3.8, 4) is 0 Å². The van der Waals surface area contributed by atoms with Crippen molar-refractivity contribution in [3.63, 3.8) is 0 Å². The van der Waals surface area contributed by atoms with Gasteiger partial charge in [0, 0.05) is 24.5 Å². The molecule has 7 nitrogen and oxygen atoms in total. The molecule has 0 amide bonds. The molecule has 3 rings (SSSR count). The van der Waals surface area contributed by atoms with Crippen LogP contribution in [0.2, 0.25) is 0 Å². The minimum Gasteiger partial charge on any atom is -0.478 e. The van der Waals surface area contributed by atoms with Gasteiger partial charge in [-0.2, -0.15) is 13.2 Å². The van der Waals surface area contributed by atoms with Crippen LogP contribution in [-0.4, -0.2) is 38.8 Å². The van der Waals surface area contributed by atoms with Gasteiger partial charge in [-0.05, 0) is 12.1 Å². The number of anilines is 1. The first-order chi connectivity index (χ1) is 13.2. The van der Waals surface area contributed by atoms with Crippen LogP contribution in [0.15, 0.2) is 30.6 Å². The number of fused-ring (bicyclic) bond motifs is 1. The Bertz CT molecular complexity index is 1030. The zero-order chi connectivity index (χ0) is 21.1. The fourth-order valence-corrected chi connectivity index (χ4v) is 2.46. The third kappa shape index (κ3) is 3.95. The van der Waals surface area contributed by atoms with E-state index in [1.807, 2.05) is 13.8 Å². The molecule has 0 saturated carbocycles. The van der Waals surface area contributed by atoms with Crippen LogP contribution in [0, 0.1) is 5.41 Å². The number of hydrogen-bond donors (Lipinski definition) is 4. The lowest BCUT2D eigenvalue weighted by Gasteiger charge is -2.14. The summed E-state index contributed by atoms with van der Waals surface area (Å²) in [6, 6.07) is 2.93. The van der Waals surface area contributed by atoms with E-state index in [9.17, 15) is 18.0 Å². The van der Waals surface area contributed by atoms with E-state index in [4.69, 9.17) is 10.5 Å². The Morgan fingerprint density at radius 3 is 2.50 bits per heavy atom. The van der Waals surface area contributed by atoms with E-state index in [0.717, 1.165) is 18.2 Å². The van der Waals surface area contributed by atoms with Gasteiger partial charge in [0.05, 0.1) is 17.5 Å². The monoisotopic (exact) mass is 393 g/mol. The highest BCUT2D eigenvalue weighted by Crippen LogP contribution is 2.32. The van der Waals surface area contributed by atoms with E-state index in [2.05, 4.69) is 20.3 Å². The summed E-state index contributed by atoms with van der Waals surface area (Å²) in [7, 11) is 1.44. The number of aromatic carboxylic acids is 1. The highest BCUT2D eigenvalue weighted by Gasteiger charge is 2.31. The van der Waals surface area contributed by atoms with Crippen molar-refractivity contribution in [3.05, 3.63) is 53.0 Å². The standard InChI is InChI=1S/C16H12F3N5O2.C2H6/c1-21-10-4-7(16(17,18)19)2-3-8(10)12(20)11-6-23-14-13(24-11)9(5-22-14)15(25)26;1-2/h2-6,20-21H,1H3,(H,22,23)(H,25,26);1-2H3. The normalized spacial score (nSPS) is 10.9. The summed E-state index contributed by atoms with van der Waals surface area (Å²) in [5.74, 6) is -1.21. The van der Waals surface area contributed by atoms with Crippen LogP contribution in [-0.2, 0) is 6.18 Å². The summed E-state index contributed by atoms with van der Waals surface area (Å²) < 4.78 is 38.6. The van der Waals surface area contributed by atoms with Gasteiger partial charge in [0.1, 0.15) is 16.8 Å². The number of hydrogen-bond acceptors (Lipinski definition) is 5. The molecule has 3 aromatic rings. The molecule has 0 atom stereocenters. The fraction of sp³-hybridized carbons (Fsp3) is 0.222. The number of nitrogens with one attached hydrogen (secondary N) is 3. The SMILES string of the molecule is CC.CNc1cc(C(F)(F)F)ccc1C(=N)c1cnc2[nH]cc(C(=O)O)c2n1. The number of aromatic nitrogens is 3. The van der Waals surface area contributed by atoms with Crippen molar-refractivity contribution >= 4 is 28.5 Å². The highest BCUT2D eigenvalue weighted by atomic mass is 19.4. The number of carboxylic acids is 1. The number of rotatable bonds is 4. The van der Waals surface area contributed by atoms with Crippen LogP contribution in [0.5, 0.6) is 0 Å². The Kier molecular flexibility index (Phi) is 6.02. The van der Waals surface area contributed by atoms with E-state index in [1.54, 1.807) is 0 Å². The summed E-state index contributed by atoms with van der Waals surface area (Å²) in [4.78, 5) is 22.0. The first-order valence-electron chi connectivity index (χ1n) is 8.28. The van der Waals surface area contributed by atoms with Crippen molar-refractivity contribution in [1.82, 2.24) is 15.0 Å². The van der Waals surface area contributed by atoms with Crippen molar-refractivity contribution in [1.29, 1.82) is 5.41 Å². The lowest BCUT2D eigenvalue weighted by atomic mass is 10.0. The fourth-order valence-electron chi connectivity index (χ4n) is 2.46. The molecular formula is C18H18F3N5O2. The van der Waals surface area contributed by atoms with E-state index in [-0.39, 0.29) is 39.4 Å². The molecule has 1 aromatic carbocycles. The van der Waals surface area contributed by atoms with Gasteiger partial charge in [0.25, 0.3) is 0 Å². The number of nitrogens with zero attached hydrogens (tertiary/aromatic N) is 2. The molecule has 0 radical (unpaired) electrons. The smallest absolute Gasteiger partial charge is 0.416 e. The van der Waals surface area contributed by atoms with Gasteiger partial charge in [-0.3, -0.25) is 5.41 Å². The summed E-state index contributed by atoms with van der Waals surface area (Å²) in [5.41, 5.74) is -0.522. The summed E-state index contributed by atoms with van der Waals surface area (Å²) in [6.07, 6.45) is -2.02. The zero-order valence-electron chi connectivity index (χ0n) is 15.3. The molecule has 10 heteroatoms. The third-order valence-corrected chi connectivity index (χ3v) is 3.75. The van der Waals surface area contributed by atoms with Crippen molar-refractivity contribution in [2.45, 2.75) is 20.0 Å². The van der Waals surface area contributed by atoms with Crippen LogP contribution >= 0.6 is 0 Å². The largest absolute Gasteiger partial charge is 0.478 e. The number of H-pyrrole nitrogens is 1. The third-order valence-electron chi connectivity index (χ3n) is 3.75. The molecule has 148 valence electrons. The van der Waals surface area contributed by atoms with Gasteiger partial charge in [-0.15, -0.1) is 0 Å². The molecule has 4 N–H and O–H groups in total. The van der Waals surface area contributed by atoms with Crippen LogP contribution in [0.4, 0.5) is 18.9 Å². The lowest BCUT2D eigenvalue weighted by molar-refractivity contribution is -0.137. The molecule has 0 aliphatic carbocycles. The molecule has 0 bridgehead atoms. The van der Waals surface area contributed by atoms with Crippen LogP contribution in [0.3, 0.4) is 0 Å². The van der Waals surface area contributed by atoms with Crippen LogP contribution < -0.4 is 5.32 Å². The Balaban J connectivity index is 0.00000136. The van der Waals surface area contributed by atoms with E-state index in [1.165, 1.54) is 19.4 Å². The van der Waals surface area contributed by atoms with Gasteiger partial charge in [-0.25, -0.2) is 14.8 Å². The summed E-state index contributed by atoms with van der Waals surface area (Å²) in [5, 5.41) is 20.0. The number of carboxylic acid groups (broad SMARTS) is 1. The number of carbonyl (C=O) groups is 1. The van der Waals surface area contributed by atoms with Gasteiger partial charge in [0.2, 0.25) is 0 Å². The zero-order valence-corrected chi connectivity index (χ0v) is 15.3. The maximum atomic E-state index is 12.9. The van der Waals surface area contributed by atoms with Crippen LogP contribution in [0.25, 0.3) is 11.2 Å². The van der Waals surface area contributed by atoms with Crippen molar-refractivity contribution in [2.75, 3.05) is 12.4 Å². The number of benzene rings is 1. The molecule has 0 saturated heterocycles. The second-order valence-corrected chi connectivity index (χ2v) is 5.34. The maximum absolute atomic E-state index is 12.9. The average Bonchev–Trinajstić information content (AvgIpc) is 3.11. The second kappa shape index (κ2) is 8.07. The first-order valence-corrected chi connectivity index (χ1v) is 8.28. The van der Waals surface area contributed by atoms with Gasteiger partial charge in [-0.1, -0.05) is 19.9 Å². The van der Waals surface area contributed by atoms with E-state index in [0.29, 0.717) is 0 Å². The van der Waals surface area contributed by atoms with Gasteiger partial charge >= 0.3 is 12.1 Å². The topological polar surface area (TPSA) is 115 Å². The quantitative estimate of drug-likeness (QED) is 0.497. The Morgan fingerprint density at radius 1 is 1.25 bits per heavy atom. The molecular weight excluding hydrogens is 375 g/mol. The number of aromatic amines is 1. The minimum absolute atomic E-state index is 0.0378. The highest BCUT2D eigenvalue weighted by molar-refractivity contribution is 6.13. The lowest BCUT2D eigenvalue weighted by Crippen LogP contribution is -2.11. The summed E-state index contributed by atoms with van der Waals surface area (Å²) in [6.45, 7) is 4.00. The number of halogens is 3. The van der Waals surface area contributed by atoms with E-state index < -0.39 is 17.7 Å². The van der Waals surface area contributed by atoms with Crippen molar-refractivity contribution < 1.29 is 23.1 Å². The summed E-state index contributed by atoms with van der Waals surface area (Å²) >= 11 is 0. The molecule has 0 aliphatic heterocycles.